The number of piperazine rings is 1. The Morgan fingerprint density at radius 3 is 2.97 bits per heavy atom. The number of aromatic nitrogens is 2. The third-order valence-electron chi connectivity index (χ3n) is 5.45. The van der Waals surface area contributed by atoms with Gasteiger partial charge in [-0.25, -0.2) is 9.97 Å². The summed E-state index contributed by atoms with van der Waals surface area (Å²) in [5, 5.41) is 1.88. The molecule has 1 unspecified atom stereocenters. The summed E-state index contributed by atoms with van der Waals surface area (Å²) >= 11 is 6.14. The number of methoxy groups -OCH3 is 1. The zero-order valence-electron chi connectivity index (χ0n) is 16.7. The summed E-state index contributed by atoms with van der Waals surface area (Å²) in [5.41, 5.74) is 2.13. The molecular formula is C21H26Cl2N4O2. The zero-order chi connectivity index (χ0) is 19.5. The zero-order valence-corrected chi connectivity index (χ0v) is 18.2. The molecule has 0 radical (unpaired) electrons. The minimum absolute atomic E-state index is 0. The van der Waals surface area contributed by atoms with Crippen molar-refractivity contribution in [3.8, 4) is 5.75 Å². The van der Waals surface area contributed by atoms with Gasteiger partial charge in [0.2, 0.25) is 0 Å². The van der Waals surface area contributed by atoms with Crippen molar-refractivity contribution in [2.45, 2.75) is 25.8 Å². The van der Waals surface area contributed by atoms with E-state index in [0.29, 0.717) is 6.04 Å². The summed E-state index contributed by atoms with van der Waals surface area (Å²) in [6.07, 6.45) is 7.24. The van der Waals surface area contributed by atoms with Gasteiger partial charge in [-0.2, -0.15) is 0 Å². The van der Waals surface area contributed by atoms with Gasteiger partial charge < -0.3 is 14.1 Å². The highest BCUT2D eigenvalue weighted by atomic mass is 35.5. The molecule has 1 aliphatic rings. The van der Waals surface area contributed by atoms with Crippen LogP contribution in [0.3, 0.4) is 0 Å². The van der Waals surface area contributed by atoms with Gasteiger partial charge in [0, 0.05) is 36.1 Å². The summed E-state index contributed by atoms with van der Waals surface area (Å²) in [6.45, 7) is 6.20. The van der Waals surface area contributed by atoms with Crippen molar-refractivity contribution in [3.63, 3.8) is 0 Å². The molecule has 2 aromatic heterocycles. The normalized spacial score (nSPS) is 17.3. The fourth-order valence-corrected chi connectivity index (χ4v) is 4.10. The SMILES string of the molecule is COc1cncnc1N1CCN(CCCc2coc3ccc(Cl)cc23)C(C)C1.Cl. The number of anilines is 1. The van der Waals surface area contributed by atoms with Gasteiger partial charge in [0.15, 0.2) is 11.6 Å². The van der Waals surface area contributed by atoms with Gasteiger partial charge in [0.25, 0.3) is 0 Å². The van der Waals surface area contributed by atoms with E-state index in [-0.39, 0.29) is 12.4 Å². The van der Waals surface area contributed by atoms with Gasteiger partial charge in [-0.3, -0.25) is 4.90 Å². The van der Waals surface area contributed by atoms with Crippen molar-refractivity contribution in [1.82, 2.24) is 14.9 Å². The van der Waals surface area contributed by atoms with E-state index in [1.165, 1.54) is 5.56 Å². The standard InChI is InChI=1S/C21H25ClN4O2.ClH/c1-15-12-26(21-20(27-2)11-23-14-24-21)9-8-25(15)7-3-4-16-13-28-19-6-5-17(22)10-18(16)19;/h5-6,10-11,13-15H,3-4,7-9,12H2,1-2H3;1H. The number of hydrogen-bond donors (Lipinski definition) is 0. The fraction of sp³-hybridized carbons (Fsp3) is 0.429. The molecule has 0 saturated carbocycles. The lowest BCUT2D eigenvalue weighted by Gasteiger charge is -2.40. The minimum atomic E-state index is 0. The maximum atomic E-state index is 6.14. The van der Waals surface area contributed by atoms with E-state index in [1.807, 2.05) is 24.5 Å². The van der Waals surface area contributed by atoms with E-state index in [2.05, 4.69) is 26.7 Å². The fourth-order valence-electron chi connectivity index (χ4n) is 3.93. The molecule has 3 aromatic rings. The first-order valence-corrected chi connectivity index (χ1v) is 10.0. The summed E-state index contributed by atoms with van der Waals surface area (Å²) in [4.78, 5) is 13.3. The largest absolute Gasteiger partial charge is 0.491 e. The first-order valence-electron chi connectivity index (χ1n) is 9.64. The number of rotatable bonds is 6. The van der Waals surface area contributed by atoms with Gasteiger partial charge in [-0.1, -0.05) is 11.6 Å². The van der Waals surface area contributed by atoms with Crippen molar-refractivity contribution in [2.24, 2.45) is 0 Å². The Balaban J connectivity index is 0.00000240. The molecule has 6 nitrogen and oxygen atoms in total. The summed E-state index contributed by atoms with van der Waals surface area (Å²) in [5.74, 6) is 1.61. The lowest BCUT2D eigenvalue weighted by molar-refractivity contribution is 0.186. The van der Waals surface area contributed by atoms with Gasteiger partial charge in [-0.05, 0) is 50.1 Å². The van der Waals surface area contributed by atoms with Crippen molar-refractivity contribution in [2.75, 3.05) is 38.2 Å². The van der Waals surface area contributed by atoms with Crippen LogP contribution in [0, 0.1) is 0 Å². The number of halogens is 2. The second-order valence-electron chi connectivity index (χ2n) is 7.25. The number of nitrogens with zero attached hydrogens (tertiary/aromatic N) is 4. The van der Waals surface area contributed by atoms with Crippen LogP contribution in [0.1, 0.15) is 18.9 Å². The van der Waals surface area contributed by atoms with Crippen molar-refractivity contribution in [1.29, 1.82) is 0 Å². The Bertz CT molecular complexity index is 949. The molecule has 3 heterocycles. The lowest BCUT2D eigenvalue weighted by Crippen LogP contribution is -2.52. The quantitative estimate of drug-likeness (QED) is 0.568. The van der Waals surface area contributed by atoms with Crippen LogP contribution < -0.4 is 9.64 Å². The Morgan fingerprint density at radius 1 is 1.31 bits per heavy atom. The maximum Gasteiger partial charge on any atom is 0.179 e. The number of furan rings is 1. The van der Waals surface area contributed by atoms with Crippen LogP contribution in [0.4, 0.5) is 5.82 Å². The van der Waals surface area contributed by atoms with E-state index >= 15 is 0 Å². The molecule has 0 amide bonds. The number of aryl methyl sites for hydroxylation is 1. The van der Waals surface area contributed by atoms with Crippen LogP contribution in [0.2, 0.25) is 5.02 Å². The van der Waals surface area contributed by atoms with Crippen molar-refractivity contribution >= 4 is 40.8 Å². The van der Waals surface area contributed by atoms with E-state index in [4.69, 9.17) is 20.8 Å². The molecule has 1 atom stereocenters. The van der Waals surface area contributed by atoms with E-state index in [9.17, 15) is 0 Å². The Kier molecular flexibility index (Phi) is 7.22. The van der Waals surface area contributed by atoms with Crippen LogP contribution in [0.5, 0.6) is 5.75 Å². The number of ether oxygens (including phenoxy) is 1. The highest BCUT2D eigenvalue weighted by Crippen LogP contribution is 2.27. The predicted molar refractivity (Wildman–Crippen MR) is 119 cm³/mol. The average Bonchev–Trinajstić information content (AvgIpc) is 3.11. The van der Waals surface area contributed by atoms with Crippen molar-refractivity contribution in [3.05, 3.63) is 47.6 Å². The van der Waals surface area contributed by atoms with E-state index in [0.717, 1.165) is 66.6 Å². The molecule has 1 aromatic carbocycles. The smallest absolute Gasteiger partial charge is 0.179 e. The molecule has 4 rings (SSSR count). The molecule has 1 saturated heterocycles. The second kappa shape index (κ2) is 9.65. The van der Waals surface area contributed by atoms with Gasteiger partial charge in [-0.15, -0.1) is 12.4 Å². The Labute approximate surface area is 182 Å². The number of benzene rings is 1. The van der Waals surface area contributed by atoms with E-state index < -0.39 is 0 Å². The van der Waals surface area contributed by atoms with Gasteiger partial charge in [0.1, 0.15) is 11.9 Å². The Hall–Kier alpha value is -2.02. The van der Waals surface area contributed by atoms with Crippen LogP contribution >= 0.6 is 24.0 Å². The van der Waals surface area contributed by atoms with Crippen LogP contribution in [0.25, 0.3) is 11.0 Å². The molecule has 156 valence electrons. The molecular weight excluding hydrogens is 411 g/mol. The number of fused-ring (bicyclic) bond motifs is 1. The minimum Gasteiger partial charge on any atom is -0.491 e. The van der Waals surface area contributed by atoms with Crippen LogP contribution in [-0.4, -0.2) is 54.2 Å². The molecule has 0 N–H and O–H groups in total. The molecule has 0 aliphatic carbocycles. The predicted octanol–water partition coefficient (Wildman–Crippen LogP) is 4.45. The maximum absolute atomic E-state index is 6.14. The molecule has 29 heavy (non-hydrogen) atoms. The third kappa shape index (κ3) is 4.77. The topological polar surface area (TPSA) is 54.6 Å². The lowest BCUT2D eigenvalue weighted by atomic mass is 10.1. The second-order valence-corrected chi connectivity index (χ2v) is 7.69. The first-order chi connectivity index (χ1) is 13.7. The number of hydrogen-bond acceptors (Lipinski definition) is 6. The summed E-state index contributed by atoms with van der Waals surface area (Å²) in [7, 11) is 1.66. The molecule has 0 bridgehead atoms. The van der Waals surface area contributed by atoms with E-state index in [1.54, 1.807) is 19.6 Å². The highest BCUT2D eigenvalue weighted by molar-refractivity contribution is 6.31. The summed E-state index contributed by atoms with van der Waals surface area (Å²) in [6, 6.07) is 6.24. The molecule has 8 heteroatoms. The summed E-state index contributed by atoms with van der Waals surface area (Å²) < 4.78 is 11.1. The average molecular weight is 437 g/mol. The van der Waals surface area contributed by atoms with Gasteiger partial charge in [0.05, 0.1) is 19.6 Å². The third-order valence-corrected chi connectivity index (χ3v) is 5.69. The molecule has 1 aliphatic heterocycles. The van der Waals surface area contributed by atoms with Crippen molar-refractivity contribution < 1.29 is 9.15 Å². The molecule has 1 fully saturated rings. The van der Waals surface area contributed by atoms with Gasteiger partial charge >= 0.3 is 0 Å². The van der Waals surface area contributed by atoms with Crippen LogP contribution in [-0.2, 0) is 6.42 Å². The Morgan fingerprint density at radius 2 is 2.17 bits per heavy atom. The van der Waals surface area contributed by atoms with Crippen LogP contribution in [0.15, 0.2) is 41.4 Å². The molecule has 0 spiro atoms. The monoisotopic (exact) mass is 436 g/mol. The first kappa shape index (κ1) is 21.7. The highest BCUT2D eigenvalue weighted by Gasteiger charge is 2.26.